The maximum atomic E-state index is 13.1. The van der Waals surface area contributed by atoms with E-state index >= 15 is 0 Å². The van der Waals surface area contributed by atoms with Crippen molar-refractivity contribution in [3.63, 3.8) is 0 Å². The van der Waals surface area contributed by atoms with Crippen LogP contribution in [0.3, 0.4) is 0 Å². The monoisotopic (exact) mass is 216 g/mol. The van der Waals surface area contributed by atoms with Gasteiger partial charge in [-0.15, -0.1) is 6.58 Å². The number of benzene rings is 1. The smallest absolute Gasteiger partial charge is 0.321 e. The standard InChI is InChI=1S/C9H10FO3P/c1-2-7-13-14(11,12)9-6-4-3-5-8(9)10/h2-6H,1,7H2,(H,11,12). The van der Waals surface area contributed by atoms with E-state index in [1.165, 1.54) is 24.3 Å². The van der Waals surface area contributed by atoms with Gasteiger partial charge in [0.25, 0.3) is 0 Å². The SMILES string of the molecule is C=CCOP(=O)(O)c1ccccc1F. The molecule has 0 aromatic heterocycles. The van der Waals surface area contributed by atoms with Crippen LogP contribution >= 0.6 is 7.60 Å². The van der Waals surface area contributed by atoms with Crippen LogP contribution < -0.4 is 5.30 Å². The third-order valence-corrected chi connectivity index (χ3v) is 2.99. The first-order valence-corrected chi connectivity index (χ1v) is 5.49. The topological polar surface area (TPSA) is 46.5 Å². The Morgan fingerprint density at radius 1 is 1.57 bits per heavy atom. The number of hydrogen-bond acceptors (Lipinski definition) is 2. The first-order chi connectivity index (χ1) is 6.58. The van der Waals surface area contributed by atoms with Crippen LogP contribution in [0.25, 0.3) is 0 Å². The van der Waals surface area contributed by atoms with Crippen molar-refractivity contribution in [3.8, 4) is 0 Å². The average molecular weight is 216 g/mol. The summed E-state index contributed by atoms with van der Waals surface area (Å²) in [4.78, 5) is 9.34. The van der Waals surface area contributed by atoms with Gasteiger partial charge in [-0.3, -0.25) is 4.57 Å². The fraction of sp³-hybridized carbons (Fsp3) is 0.111. The van der Waals surface area contributed by atoms with E-state index in [9.17, 15) is 13.8 Å². The van der Waals surface area contributed by atoms with E-state index in [0.29, 0.717) is 0 Å². The molecule has 0 aliphatic rings. The Kier molecular flexibility index (Phi) is 3.58. The summed E-state index contributed by atoms with van der Waals surface area (Å²) in [5.74, 6) is -0.748. The molecule has 3 nitrogen and oxygen atoms in total. The number of halogens is 1. The zero-order chi connectivity index (χ0) is 10.6. The van der Waals surface area contributed by atoms with Gasteiger partial charge in [-0.05, 0) is 12.1 Å². The van der Waals surface area contributed by atoms with Gasteiger partial charge < -0.3 is 9.42 Å². The van der Waals surface area contributed by atoms with E-state index in [-0.39, 0.29) is 11.9 Å². The Morgan fingerprint density at radius 2 is 2.21 bits per heavy atom. The second-order valence-electron chi connectivity index (χ2n) is 2.56. The Labute approximate surface area is 81.4 Å². The van der Waals surface area contributed by atoms with Crippen LogP contribution in [-0.4, -0.2) is 11.5 Å². The Balaban J connectivity index is 2.97. The van der Waals surface area contributed by atoms with Crippen molar-refractivity contribution < 1.29 is 18.4 Å². The Morgan fingerprint density at radius 3 is 2.79 bits per heavy atom. The van der Waals surface area contributed by atoms with Gasteiger partial charge in [0.1, 0.15) is 5.82 Å². The molecule has 1 rings (SSSR count). The van der Waals surface area contributed by atoms with Crippen LogP contribution in [0.2, 0.25) is 0 Å². The minimum atomic E-state index is -4.05. The minimum absolute atomic E-state index is 0.0951. The summed E-state index contributed by atoms with van der Waals surface area (Å²) in [6.07, 6.45) is 1.32. The lowest BCUT2D eigenvalue weighted by Crippen LogP contribution is -2.11. The molecule has 1 unspecified atom stereocenters. The van der Waals surface area contributed by atoms with Gasteiger partial charge in [0.15, 0.2) is 0 Å². The second kappa shape index (κ2) is 4.51. The van der Waals surface area contributed by atoms with E-state index < -0.39 is 13.4 Å². The molecule has 1 N–H and O–H groups in total. The molecule has 0 heterocycles. The molecule has 14 heavy (non-hydrogen) atoms. The molecule has 0 amide bonds. The molecule has 5 heteroatoms. The third kappa shape index (κ3) is 2.51. The third-order valence-electron chi connectivity index (χ3n) is 1.52. The molecule has 0 bridgehead atoms. The van der Waals surface area contributed by atoms with E-state index in [4.69, 9.17) is 0 Å². The number of hydrogen-bond donors (Lipinski definition) is 1. The van der Waals surface area contributed by atoms with E-state index in [1.54, 1.807) is 0 Å². The van der Waals surface area contributed by atoms with Gasteiger partial charge in [-0.2, -0.15) is 0 Å². The highest BCUT2D eigenvalue weighted by atomic mass is 31.2. The van der Waals surface area contributed by atoms with Crippen LogP contribution in [-0.2, 0) is 9.09 Å². The Hall–Kier alpha value is -0.960. The van der Waals surface area contributed by atoms with Gasteiger partial charge in [-0.25, -0.2) is 4.39 Å². The van der Waals surface area contributed by atoms with E-state index in [2.05, 4.69) is 11.1 Å². The van der Waals surface area contributed by atoms with Crippen molar-refractivity contribution in [2.75, 3.05) is 6.61 Å². The van der Waals surface area contributed by atoms with Crippen molar-refractivity contribution in [2.45, 2.75) is 0 Å². The summed E-state index contributed by atoms with van der Waals surface area (Å²) in [5, 5.41) is -0.318. The molecule has 0 saturated heterocycles. The summed E-state index contributed by atoms with van der Waals surface area (Å²) < 4.78 is 29.1. The van der Waals surface area contributed by atoms with Gasteiger partial charge in [0.2, 0.25) is 0 Å². The van der Waals surface area contributed by atoms with Crippen LogP contribution in [0, 0.1) is 5.82 Å². The van der Waals surface area contributed by atoms with Crippen LogP contribution in [0.5, 0.6) is 0 Å². The zero-order valence-electron chi connectivity index (χ0n) is 7.39. The second-order valence-corrected chi connectivity index (χ2v) is 4.34. The fourth-order valence-corrected chi connectivity index (χ4v) is 1.97. The van der Waals surface area contributed by atoms with Crippen LogP contribution in [0.4, 0.5) is 4.39 Å². The maximum Gasteiger partial charge on any atom is 0.362 e. The van der Waals surface area contributed by atoms with Crippen molar-refractivity contribution >= 4 is 12.9 Å². The molecule has 0 saturated carbocycles. The molecular formula is C9H10FO3P. The average Bonchev–Trinajstić information content (AvgIpc) is 2.15. The zero-order valence-corrected chi connectivity index (χ0v) is 8.28. The lowest BCUT2D eigenvalue weighted by molar-refractivity contribution is 0.297. The molecule has 1 aromatic rings. The predicted octanol–water partition coefficient (Wildman–Crippen LogP) is 1.84. The van der Waals surface area contributed by atoms with Crippen molar-refractivity contribution in [1.29, 1.82) is 0 Å². The van der Waals surface area contributed by atoms with Crippen molar-refractivity contribution in [1.82, 2.24) is 0 Å². The first-order valence-electron chi connectivity index (χ1n) is 3.91. The number of rotatable bonds is 4. The molecule has 0 aliphatic carbocycles. The lowest BCUT2D eigenvalue weighted by Gasteiger charge is -2.11. The summed E-state index contributed by atoms with van der Waals surface area (Å²) >= 11 is 0. The largest absolute Gasteiger partial charge is 0.362 e. The van der Waals surface area contributed by atoms with Gasteiger partial charge in [-0.1, -0.05) is 18.2 Å². The Bertz CT molecular complexity index is 378. The summed E-state index contributed by atoms with van der Waals surface area (Å²) in [6.45, 7) is 3.23. The minimum Gasteiger partial charge on any atom is -0.321 e. The predicted molar refractivity (Wildman–Crippen MR) is 52.0 cm³/mol. The lowest BCUT2D eigenvalue weighted by atomic mass is 10.3. The summed E-state index contributed by atoms with van der Waals surface area (Å²) in [6, 6.07) is 5.24. The molecule has 0 fully saturated rings. The molecule has 0 spiro atoms. The summed E-state index contributed by atoms with van der Waals surface area (Å²) in [7, 11) is -4.05. The molecule has 76 valence electrons. The van der Waals surface area contributed by atoms with E-state index in [1.807, 2.05) is 0 Å². The maximum absolute atomic E-state index is 13.1. The fourth-order valence-electron chi connectivity index (χ4n) is 0.904. The first kappa shape index (κ1) is 11.1. The highest BCUT2D eigenvalue weighted by Gasteiger charge is 2.25. The van der Waals surface area contributed by atoms with Crippen LogP contribution in [0.15, 0.2) is 36.9 Å². The molecule has 1 aromatic carbocycles. The molecular weight excluding hydrogens is 206 g/mol. The van der Waals surface area contributed by atoms with Gasteiger partial charge in [0, 0.05) is 0 Å². The van der Waals surface area contributed by atoms with Gasteiger partial charge >= 0.3 is 7.60 Å². The highest BCUT2D eigenvalue weighted by Crippen LogP contribution is 2.41. The quantitative estimate of drug-likeness (QED) is 0.617. The molecule has 0 aliphatic heterocycles. The van der Waals surface area contributed by atoms with Gasteiger partial charge in [0.05, 0.1) is 11.9 Å². The summed E-state index contributed by atoms with van der Waals surface area (Å²) in [5.41, 5.74) is 0. The van der Waals surface area contributed by atoms with Crippen molar-refractivity contribution in [2.24, 2.45) is 0 Å². The molecule has 0 radical (unpaired) electrons. The van der Waals surface area contributed by atoms with Crippen LogP contribution in [0.1, 0.15) is 0 Å². The molecule has 1 atom stereocenters. The van der Waals surface area contributed by atoms with Crippen molar-refractivity contribution in [3.05, 3.63) is 42.7 Å². The highest BCUT2D eigenvalue weighted by molar-refractivity contribution is 7.61. The van der Waals surface area contributed by atoms with E-state index in [0.717, 1.165) is 6.07 Å². The normalized spacial score (nSPS) is 14.7.